The van der Waals surface area contributed by atoms with Crippen LogP contribution in [-0.2, 0) is 4.79 Å². The quantitative estimate of drug-likeness (QED) is 0.236. The number of allylic oxidation sites excluding steroid dienone is 2. The molecule has 20 heavy (non-hydrogen) atoms. The second-order valence-electron chi connectivity index (χ2n) is 5.76. The van der Waals surface area contributed by atoms with Gasteiger partial charge in [0.2, 0.25) is 0 Å². The van der Waals surface area contributed by atoms with Gasteiger partial charge in [-0.1, -0.05) is 39.0 Å². The van der Waals surface area contributed by atoms with Crippen LogP contribution in [0, 0.1) is 38.8 Å². The Hall–Kier alpha value is 0.761. The molecule has 0 aliphatic carbocycles. The molecule has 0 atom stereocenters. The van der Waals surface area contributed by atoms with E-state index in [9.17, 15) is 4.79 Å². The molecule has 0 aliphatic rings. The average Bonchev–Trinajstić information content (AvgIpc) is 2.43. The van der Waals surface area contributed by atoms with Crippen molar-refractivity contribution in [3.8, 4) is 0 Å². The number of hydrogen-bond acceptors (Lipinski definition) is 1. The molecule has 0 saturated carbocycles. The van der Waals surface area contributed by atoms with E-state index < -0.39 is 0 Å². The number of carbonyl (C=O) groups excluding carboxylic acids is 1. The van der Waals surface area contributed by atoms with Crippen LogP contribution in [0.2, 0.25) is 0 Å². The van der Waals surface area contributed by atoms with Crippen molar-refractivity contribution in [3.05, 3.63) is 12.2 Å². The van der Waals surface area contributed by atoms with E-state index in [4.69, 9.17) is 0 Å². The van der Waals surface area contributed by atoms with Crippen LogP contribution in [0.25, 0.3) is 0 Å². The van der Waals surface area contributed by atoms with Crippen LogP contribution in [0.3, 0.4) is 0 Å². The molecule has 0 amide bonds. The van der Waals surface area contributed by atoms with E-state index in [1.165, 1.54) is 77.0 Å². The van der Waals surface area contributed by atoms with Gasteiger partial charge in [0.1, 0.15) is 0 Å². The van der Waals surface area contributed by atoms with Gasteiger partial charge in [0.15, 0.2) is 0 Å². The summed E-state index contributed by atoms with van der Waals surface area (Å²) in [4.78, 5) is 10.8. The first kappa shape index (κ1) is 20.8. The molecule has 0 aromatic carbocycles. The molecule has 0 aromatic rings. The molecular formula is C18H33NdO. The zero-order valence-electron chi connectivity index (χ0n) is 13.5. The molecule has 0 radical (unpaired) electrons. The van der Waals surface area contributed by atoms with Crippen molar-refractivity contribution in [3.63, 3.8) is 0 Å². The monoisotopic (exact) mass is 407 g/mol. The fourth-order valence-corrected chi connectivity index (χ4v) is 2.92. The van der Waals surface area contributed by atoms with E-state index in [0.717, 1.165) is 51.6 Å². The summed E-state index contributed by atoms with van der Waals surface area (Å²) >= 11 is 0.742. The molecule has 0 aliphatic heterocycles. The normalized spacial score (nSPS) is 11.2. The van der Waals surface area contributed by atoms with Crippen LogP contribution in [0.1, 0.15) is 96.8 Å². The number of carbonyl (C=O) groups is 1. The topological polar surface area (TPSA) is 17.1 Å². The molecule has 0 spiro atoms. The molecule has 0 aromatic heterocycles. The molecule has 0 bridgehead atoms. The third-order valence-electron chi connectivity index (χ3n) is 3.67. The summed E-state index contributed by atoms with van der Waals surface area (Å²) in [6.07, 6.45) is 22.8. The van der Waals surface area contributed by atoms with Crippen molar-refractivity contribution in [1.29, 1.82) is 0 Å². The zero-order valence-corrected chi connectivity index (χ0v) is 16.7. The molecule has 0 fully saturated rings. The second kappa shape index (κ2) is 17.8. The fraction of sp³-hybridized carbons (Fsp3) is 0.833. The summed E-state index contributed by atoms with van der Waals surface area (Å²) in [6.45, 7) is 2.27. The van der Waals surface area contributed by atoms with Crippen molar-refractivity contribution < 1.29 is 43.6 Å². The molecular weight excluding hydrogens is 376 g/mol. The van der Waals surface area contributed by atoms with Crippen molar-refractivity contribution in [1.82, 2.24) is 0 Å². The van der Waals surface area contributed by atoms with E-state index in [2.05, 4.69) is 19.1 Å². The Morgan fingerprint density at radius 3 is 1.70 bits per heavy atom. The maximum atomic E-state index is 10.8. The van der Waals surface area contributed by atoms with Gasteiger partial charge in [-0.05, 0) is 0 Å². The summed E-state index contributed by atoms with van der Waals surface area (Å²) in [7, 11) is 0. The number of hydrogen-bond donors (Lipinski definition) is 0. The van der Waals surface area contributed by atoms with Crippen molar-refractivity contribution in [2.24, 2.45) is 0 Å². The summed E-state index contributed by atoms with van der Waals surface area (Å²) in [5, 5.41) is 0. The molecule has 0 saturated heterocycles. The van der Waals surface area contributed by atoms with E-state index in [0.29, 0.717) is 1.43 Å². The molecule has 1 nitrogen and oxygen atoms in total. The van der Waals surface area contributed by atoms with Crippen LogP contribution < -0.4 is 0 Å². The van der Waals surface area contributed by atoms with Gasteiger partial charge in [0.05, 0.1) is 0 Å². The Kier molecular flexibility index (Phi) is 18.5. The molecule has 2 heteroatoms. The van der Waals surface area contributed by atoms with E-state index in [-0.39, 0.29) is 0 Å². The Morgan fingerprint density at radius 2 is 1.20 bits per heavy atom. The third kappa shape index (κ3) is 18.8. The zero-order chi connectivity index (χ0) is 14.9. The van der Waals surface area contributed by atoms with Crippen LogP contribution in [0.4, 0.5) is 0 Å². The predicted octanol–water partition coefficient (Wildman–Crippen LogP) is 6.10. The predicted molar refractivity (Wildman–Crippen MR) is 84.5 cm³/mol. The van der Waals surface area contributed by atoms with Crippen LogP contribution in [0.5, 0.6) is 0 Å². The number of unbranched alkanes of at least 4 members (excludes halogenated alkanes) is 11. The first-order chi connectivity index (χ1) is 9.77. The van der Waals surface area contributed by atoms with Crippen LogP contribution in [-0.4, -0.2) is 1.43 Å². The standard InChI is InChI=1S/C18H33O.Nd/c1-2-3-4-5-6-7-8-9-10-11-12-13-14-15-16-17-18-19;/h9-10H,2-8,11-17H2,1H3;/b10-9-;. The average molecular weight is 410 g/mol. The summed E-state index contributed by atoms with van der Waals surface area (Å²) in [5.74, 6) is 0. The van der Waals surface area contributed by atoms with Gasteiger partial charge in [-0.3, -0.25) is 0 Å². The maximum absolute atomic E-state index is 10.8. The van der Waals surface area contributed by atoms with Gasteiger partial charge in [-0.2, -0.15) is 0 Å². The van der Waals surface area contributed by atoms with Crippen LogP contribution >= 0.6 is 0 Å². The third-order valence-corrected chi connectivity index (χ3v) is 4.47. The molecule has 0 unspecified atom stereocenters. The van der Waals surface area contributed by atoms with Crippen LogP contribution in [0.15, 0.2) is 12.2 Å². The SMILES string of the molecule is CCCCCCCC/C=C\CCCCCCC[C](=O)[Nd]. The Morgan fingerprint density at radius 1 is 0.750 bits per heavy atom. The van der Waals surface area contributed by atoms with Crippen molar-refractivity contribution >= 4 is 1.43 Å². The van der Waals surface area contributed by atoms with Crippen molar-refractivity contribution in [2.45, 2.75) is 96.8 Å². The minimum absolute atomic E-state index is 0.475. The van der Waals surface area contributed by atoms with Gasteiger partial charge < -0.3 is 0 Å². The van der Waals surface area contributed by atoms with Gasteiger partial charge in [0, 0.05) is 0 Å². The van der Waals surface area contributed by atoms with E-state index in [1.54, 1.807) is 0 Å². The van der Waals surface area contributed by atoms with E-state index in [1.807, 2.05) is 0 Å². The van der Waals surface area contributed by atoms with Crippen molar-refractivity contribution in [2.75, 3.05) is 0 Å². The second-order valence-corrected chi connectivity index (χ2v) is 7.55. The first-order valence-corrected chi connectivity index (χ1v) is 10.3. The minimum atomic E-state index is 0.475. The molecule has 115 valence electrons. The Labute approximate surface area is 153 Å². The number of rotatable bonds is 15. The summed E-state index contributed by atoms with van der Waals surface area (Å²) in [6, 6.07) is 0. The van der Waals surface area contributed by atoms with E-state index >= 15 is 0 Å². The summed E-state index contributed by atoms with van der Waals surface area (Å²) < 4.78 is 0.475. The van der Waals surface area contributed by atoms with Gasteiger partial charge >= 0.3 is 115 Å². The fourth-order valence-electron chi connectivity index (χ4n) is 2.36. The van der Waals surface area contributed by atoms with Gasteiger partial charge in [-0.25, -0.2) is 0 Å². The first-order valence-electron chi connectivity index (χ1n) is 8.66. The Balaban J connectivity index is 3.07. The molecule has 0 rings (SSSR count). The summed E-state index contributed by atoms with van der Waals surface area (Å²) in [5.41, 5.74) is 0. The molecule has 0 N–H and O–H groups in total. The Bertz CT molecular complexity index is 236. The van der Waals surface area contributed by atoms with Gasteiger partial charge in [-0.15, -0.1) is 0 Å². The van der Waals surface area contributed by atoms with Gasteiger partial charge in [0.25, 0.3) is 0 Å². The molecule has 0 heterocycles.